The first kappa shape index (κ1) is 14.2. The summed E-state index contributed by atoms with van der Waals surface area (Å²) in [5.41, 5.74) is 1.44. The summed E-state index contributed by atoms with van der Waals surface area (Å²) in [6, 6.07) is 0. The van der Waals surface area contributed by atoms with Crippen molar-refractivity contribution in [1.29, 1.82) is 0 Å². The fraction of sp³-hybridized carbons (Fsp3) is 0.786. The molecular weight excluding hydrogens is 216 g/mol. The SMILES string of the molecule is COC(=O)CCC/C=C1\CC(C)(C)CC[C@@H]1O. The number of methoxy groups -OCH3 is 1. The molecule has 0 spiro atoms. The third kappa shape index (κ3) is 4.90. The summed E-state index contributed by atoms with van der Waals surface area (Å²) in [5, 5.41) is 9.90. The van der Waals surface area contributed by atoms with Gasteiger partial charge in [0.05, 0.1) is 13.2 Å². The first-order chi connectivity index (χ1) is 7.94. The van der Waals surface area contributed by atoms with Gasteiger partial charge >= 0.3 is 5.97 Å². The van der Waals surface area contributed by atoms with Crippen LogP contribution in [0.1, 0.15) is 52.4 Å². The maximum atomic E-state index is 10.9. The van der Waals surface area contributed by atoms with E-state index in [9.17, 15) is 9.90 Å². The molecule has 1 aliphatic rings. The molecule has 3 heteroatoms. The number of aliphatic hydroxyl groups is 1. The molecule has 0 amide bonds. The Morgan fingerprint density at radius 3 is 2.94 bits per heavy atom. The zero-order valence-electron chi connectivity index (χ0n) is 11.2. The van der Waals surface area contributed by atoms with Crippen LogP contribution in [0.15, 0.2) is 11.6 Å². The van der Waals surface area contributed by atoms with Crippen LogP contribution in [0, 0.1) is 5.41 Å². The second-order valence-corrected chi connectivity index (χ2v) is 5.64. The molecule has 1 N–H and O–H groups in total. The third-order valence-electron chi connectivity index (χ3n) is 3.42. The van der Waals surface area contributed by atoms with Crippen molar-refractivity contribution >= 4 is 5.97 Å². The van der Waals surface area contributed by atoms with Crippen LogP contribution >= 0.6 is 0 Å². The summed E-state index contributed by atoms with van der Waals surface area (Å²) in [7, 11) is 1.41. The van der Waals surface area contributed by atoms with Gasteiger partial charge in [-0.25, -0.2) is 0 Å². The molecule has 0 aliphatic heterocycles. The highest BCUT2D eigenvalue weighted by molar-refractivity contribution is 5.69. The smallest absolute Gasteiger partial charge is 0.305 e. The van der Waals surface area contributed by atoms with Gasteiger partial charge < -0.3 is 9.84 Å². The lowest BCUT2D eigenvalue weighted by Crippen LogP contribution is -2.26. The largest absolute Gasteiger partial charge is 0.469 e. The highest BCUT2D eigenvalue weighted by atomic mass is 16.5. The molecule has 0 saturated heterocycles. The van der Waals surface area contributed by atoms with E-state index < -0.39 is 0 Å². The summed E-state index contributed by atoms with van der Waals surface area (Å²) in [5.74, 6) is -0.159. The highest BCUT2D eigenvalue weighted by Crippen LogP contribution is 2.38. The number of carbonyl (C=O) groups is 1. The van der Waals surface area contributed by atoms with Gasteiger partial charge in [-0.2, -0.15) is 0 Å². The van der Waals surface area contributed by atoms with Crippen LogP contribution in [-0.4, -0.2) is 24.3 Å². The second-order valence-electron chi connectivity index (χ2n) is 5.64. The lowest BCUT2D eigenvalue weighted by molar-refractivity contribution is -0.140. The van der Waals surface area contributed by atoms with Crippen LogP contribution in [0.3, 0.4) is 0 Å². The van der Waals surface area contributed by atoms with E-state index in [1.165, 1.54) is 7.11 Å². The Morgan fingerprint density at radius 2 is 2.29 bits per heavy atom. The van der Waals surface area contributed by atoms with Crippen LogP contribution in [0.2, 0.25) is 0 Å². The Kier molecular flexibility index (Phi) is 5.19. The van der Waals surface area contributed by atoms with Gasteiger partial charge in [-0.1, -0.05) is 19.9 Å². The second kappa shape index (κ2) is 6.20. The Labute approximate surface area is 104 Å². The molecule has 1 rings (SSSR count). The molecule has 1 fully saturated rings. The van der Waals surface area contributed by atoms with Crippen molar-refractivity contribution in [2.24, 2.45) is 5.41 Å². The van der Waals surface area contributed by atoms with Crippen molar-refractivity contribution in [1.82, 2.24) is 0 Å². The minimum Gasteiger partial charge on any atom is -0.469 e. The molecular formula is C14H24O3. The third-order valence-corrected chi connectivity index (χ3v) is 3.42. The summed E-state index contributed by atoms with van der Waals surface area (Å²) in [6.45, 7) is 4.47. The Bertz CT molecular complexity index is 292. The first-order valence-corrected chi connectivity index (χ1v) is 6.38. The number of hydrogen-bond donors (Lipinski definition) is 1. The molecule has 0 aromatic rings. The Hall–Kier alpha value is -0.830. The van der Waals surface area contributed by atoms with Crippen molar-refractivity contribution in [3.05, 3.63) is 11.6 Å². The lowest BCUT2D eigenvalue weighted by Gasteiger charge is -2.34. The quantitative estimate of drug-likeness (QED) is 0.467. The molecule has 3 nitrogen and oxygen atoms in total. The van der Waals surface area contributed by atoms with Gasteiger partial charge in [-0.15, -0.1) is 0 Å². The van der Waals surface area contributed by atoms with Gasteiger partial charge in [-0.05, 0) is 43.1 Å². The number of unbranched alkanes of at least 4 members (excludes halogenated alkanes) is 1. The number of aliphatic hydroxyl groups excluding tert-OH is 1. The maximum Gasteiger partial charge on any atom is 0.305 e. The van der Waals surface area contributed by atoms with Crippen molar-refractivity contribution in [2.45, 2.75) is 58.5 Å². The molecule has 17 heavy (non-hydrogen) atoms. The number of rotatable bonds is 4. The summed E-state index contributed by atoms with van der Waals surface area (Å²) in [6.07, 6.45) is 6.83. The van der Waals surface area contributed by atoms with E-state index in [0.717, 1.165) is 37.7 Å². The van der Waals surface area contributed by atoms with E-state index in [2.05, 4.69) is 24.7 Å². The summed E-state index contributed by atoms with van der Waals surface area (Å²) < 4.78 is 4.59. The molecule has 0 bridgehead atoms. The average Bonchev–Trinajstić information content (AvgIpc) is 2.28. The van der Waals surface area contributed by atoms with E-state index in [-0.39, 0.29) is 12.1 Å². The zero-order chi connectivity index (χ0) is 12.9. The molecule has 98 valence electrons. The van der Waals surface area contributed by atoms with Gasteiger partial charge in [0.15, 0.2) is 0 Å². The minimum absolute atomic E-state index is 0.159. The van der Waals surface area contributed by atoms with Gasteiger partial charge in [0.2, 0.25) is 0 Å². The van der Waals surface area contributed by atoms with Crippen LogP contribution < -0.4 is 0 Å². The Morgan fingerprint density at radius 1 is 1.59 bits per heavy atom. The monoisotopic (exact) mass is 240 g/mol. The van der Waals surface area contributed by atoms with Crippen molar-refractivity contribution < 1.29 is 14.6 Å². The van der Waals surface area contributed by atoms with Crippen molar-refractivity contribution in [3.63, 3.8) is 0 Å². The molecule has 0 heterocycles. The fourth-order valence-corrected chi connectivity index (χ4v) is 2.32. The summed E-state index contributed by atoms with van der Waals surface area (Å²) in [4.78, 5) is 10.9. The molecule has 1 saturated carbocycles. The van der Waals surface area contributed by atoms with Crippen LogP contribution in [0.5, 0.6) is 0 Å². The fourth-order valence-electron chi connectivity index (χ4n) is 2.32. The molecule has 1 aliphatic carbocycles. The van der Waals surface area contributed by atoms with Crippen LogP contribution in [0.4, 0.5) is 0 Å². The van der Waals surface area contributed by atoms with Crippen LogP contribution in [0.25, 0.3) is 0 Å². The van der Waals surface area contributed by atoms with Crippen molar-refractivity contribution in [2.75, 3.05) is 7.11 Å². The minimum atomic E-state index is -0.277. The van der Waals surface area contributed by atoms with E-state index >= 15 is 0 Å². The van der Waals surface area contributed by atoms with E-state index in [1.54, 1.807) is 0 Å². The number of carbonyl (C=O) groups excluding carboxylic acids is 1. The number of ether oxygens (including phenoxy) is 1. The Balaban J connectivity index is 2.39. The van der Waals surface area contributed by atoms with E-state index in [0.29, 0.717) is 11.8 Å². The molecule has 0 aromatic carbocycles. The summed E-state index contributed by atoms with van der Waals surface area (Å²) >= 11 is 0. The zero-order valence-corrected chi connectivity index (χ0v) is 11.2. The highest BCUT2D eigenvalue weighted by Gasteiger charge is 2.28. The normalized spacial score (nSPS) is 25.9. The average molecular weight is 240 g/mol. The van der Waals surface area contributed by atoms with Crippen LogP contribution in [-0.2, 0) is 9.53 Å². The molecule has 0 unspecified atom stereocenters. The van der Waals surface area contributed by atoms with Gasteiger partial charge in [0.1, 0.15) is 0 Å². The lowest BCUT2D eigenvalue weighted by atomic mass is 9.73. The first-order valence-electron chi connectivity index (χ1n) is 6.38. The molecule has 0 aromatic heterocycles. The van der Waals surface area contributed by atoms with Crippen molar-refractivity contribution in [3.8, 4) is 0 Å². The number of hydrogen-bond acceptors (Lipinski definition) is 3. The predicted octanol–water partition coefficient (Wildman–Crippen LogP) is 2.83. The van der Waals surface area contributed by atoms with E-state index in [1.807, 2.05) is 0 Å². The standard InChI is InChI=1S/C14H24O3/c1-14(2)9-8-12(15)11(10-14)6-4-5-7-13(16)17-3/h6,12,15H,4-5,7-10H2,1-3H3/b11-6+/t12-/m0/s1. The number of esters is 1. The maximum absolute atomic E-state index is 10.9. The van der Waals surface area contributed by atoms with E-state index in [4.69, 9.17) is 0 Å². The molecule has 0 radical (unpaired) electrons. The molecule has 1 atom stereocenters. The number of allylic oxidation sites excluding steroid dienone is 1. The van der Waals surface area contributed by atoms with Gasteiger partial charge in [0.25, 0.3) is 0 Å². The van der Waals surface area contributed by atoms with Gasteiger partial charge in [-0.3, -0.25) is 4.79 Å². The van der Waals surface area contributed by atoms with Gasteiger partial charge in [0, 0.05) is 6.42 Å². The predicted molar refractivity (Wildman–Crippen MR) is 67.6 cm³/mol. The topological polar surface area (TPSA) is 46.5 Å².